The van der Waals surface area contributed by atoms with Gasteiger partial charge in [-0.25, -0.2) is 9.37 Å². The number of amides is 2. The van der Waals surface area contributed by atoms with Gasteiger partial charge in [0, 0.05) is 24.8 Å². The molecule has 1 aliphatic rings. The fourth-order valence-electron chi connectivity index (χ4n) is 3.38. The van der Waals surface area contributed by atoms with Crippen LogP contribution in [0.25, 0.3) is 0 Å². The van der Waals surface area contributed by atoms with Crippen molar-refractivity contribution in [3.8, 4) is 18.1 Å². The summed E-state index contributed by atoms with van der Waals surface area (Å²) in [5, 5.41) is 8.81. The van der Waals surface area contributed by atoms with Crippen LogP contribution >= 0.6 is 0 Å². The molecule has 2 aromatic carbocycles. The van der Waals surface area contributed by atoms with E-state index in [2.05, 4.69) is 21.3 Å². The van der Waals surface area contributed by atoms with Gasteiger partial charge in [0.2, 0.25) is 6.41 Å². The first-order chi connectivity index (χ1) is 17.0. The molecule has 1 aromatic heterocycles. The Morgan fingerprint density at radius 3 is 2.63 bits per heavy atom. The van der Waals surface area contributed by atoms with Gasteiger partial charge in [0.1, 0.15) is 17.4 Å². The number of anilines is 3. The smallest absolute Gasteiger partial charge is 0.259 e. The van der Waals surface area contributed by atoms with Crippen LogP contribution in [0.5, 0.6) is 5.75 Å². The van der Waals surface area contributed by atoms with Gasteiger partial charge in [-0.15, -0.1) is 6.42 Å². The average molecular weight is 471 g/mol. The zero-order chi connectivity index (χ0) is 24.8. The molecule has 1 aliphatic heterocycles. The summed E-state index contributed by atoms with van der Waals surface area (Å²) in [6.45, 7) is 1.75. The molecule has 1 saturated heterocycles. The fourth-order valence-corrected chi connectivity index (χ4v) is 3.38. The highest BCUT2D eigenvalue weighted by Crippen LogP contribution is 2.32. The number of hydrogen-bond donors (Lipinski definition) is 1. The SMILES string of the molecule is C#Cc1ccc(NC(=O)c2cc(OC)ccc2N(C=O)c2ccc(C=NN3CCC3)cc2F)nc1. The topological polar surface area (TPSA) is 87.1 Å². The number of aromatic nitrogens is 1. The van der Waals surface area contributed by atoms with Crippen LogP contribution in [-0.2, 0) is 4.79 Å². The van der Waals surface area contributed by atoms with Crippen LogP contribution in [0.15, 0.2) is 59.8 Å². The lowest BCUT2D eigenvalue weighted by Gasteiger charge is -2.27. The number of ether oxygens (including phenoxy) is 1. The zero-order valence-electron chi connectivity index (χ0n) is 18.9. The minimum atomic E-state index is -0.640. The van der Waals surface area contributed by atoms with E-state index in [0.717, 1.165) is 24.4 Å². The van der Waals surface area contributed by atoms with E-state index < -0.39 is 11.7 Å². The number of terminal acetylenes is 1. The second kappa shape index (κ2) is 10.5. The number of nitrogens with one attached hydrogen (secondary N) is 1. The number of nitrogens with zero attached hydrogens (tertiary/aromatic N) is 4. The van der Waals surface area contributed by atoms with Gasteiger partial charge in [0.05, 0.1) is 30.3 Å². The summed E-state index contributed by atoms with van der Waals surface area (Å²) in [6.07, 6.45) is 9.89. The minimum Gasteiger partial charge on any atom is -0.497 e. The molecule has 176 valence electrons. The number of carbonyl (C=O) groups is 2. The van der Waals surface area contributed by atoms with E-state index in [1.807, 2.05) is 5.01 Å². The van der Waals surface area contributed by atoms with Crippen molar-refractivity contribution in [3.05, 3.63) is 77.2 Å². The number of hydrazone groups is 1. The van der Waals surface area contributed by atoms with E-state index in [1.54, 1.807) is 30.5 Å². The van der Waals surface area contributed by atoms with E-state index in [0.29, 0.717) is 23.3 Å². The van der Waals surface area contributed by atoms with Crippen LogP contribution in [-0.4, -0.2) is 48.7 Å². The molecular weight excluding hydrogens is 449 g/mol. The summed E-state index contributed by atoms with van der Waals surface area (Å²) in [6, 6.07) is 12.1. The van der Waals surface area contributed by atoms with Crippen molar-refractivity contribution in [2.24, 2.45) is 5.10 Å². The van der Waals surface area contributed by atoms with Gasteiger partial charge in [-0.05, 0) is 54.4 Å². The lowest BCUT2D eigenvalue weighted by molar-refractivity contribution is -0.106. The summed E-state index contributed by atoms with van der Waals surface area (Å²) >= 11 is 0. The first-order valence-corrected chi connectivity index (χ1v) is 10.8. The summed E-state index contributed by atoms with van der Waals surface area (Å²) in [7, 11) is 1.45. The van der Waals surface area contributed by atoms with Gasteiger partial charge in [-0.1, -0.05) is 12.0 Å². The molecule has 4 rings (SSSR count). The third kappa shape index (κ3) is 5.28. The van der Waals surface area contributed by atoms with Crippen molar-refractivity contribution in [3.63, 3.8) is 0 Å². The van der Waals surface area contributed by atoms with Crippen molar-refractivity contribution in [2.75, 3.05) is 30.4 Å². The van der Waals surface area contributed by atoms with Gasteiger partial charge in [0.25, 0.3) is 5.91 Å². The predicted molar refractivity (Wildman–Crippen MR) is 132 cm³/mol. The Hall–Kier alpha value is -4.71. The molecule has 0 saturated carbocycles. The number of halogens is 1. The van der Waals surface area contributed by atoms with Gasteiger partial charge < -0.3 is 10.1 Å². The summed E-state index contributed by atoms with van der Waals surface area (Å²) in [4.78, 5) is 30.4. The molecule has 0 radical (unpaired) electrons. The number of pyridine rings is 1. The van der Waals surface area contributed by atoms with Gasteiger partial charge in [0.15, 0.2) is 0 Å². The molecule has 0 unspecified atom stereocenters. The average Bonchev–Trinajstić information content (AvgIpc) is 2.85. The summed E-state index contributed by atoms with van der Waals surface area (Å²) in [5.41, 5.74) is 1.35. The molecule has 3 aromatic rings. The molecule has 0 aliphatic carbocycles. The molecule has 2 amide bonds. The third-order valence-electron chi connectivity index (χ3n) is 5.42. The van der Waals surface area contributed by atoms with Crippen molar-refractivity contribution in [1.29, 1.82) is 0 Å². The van der Waals surface area contributed by atoms with Crippen LogP contribution in [0, 0.1) is 18.2 Å². The second-order valence-corrected chi connectivity index (χ2v) is 7.65. The van der Waals surface area contributed by atoms with E-state index in [1.165, 1.54) is 37.6 Å². The molecule has 1 fully saturated rings. The highest BCUT2D eigenvalue weighted by Gasteiger charge is 2.22. The molecule has 1 N–H and O–H groups in total. The molecule has 9 heteroatoms. The van der Waals surface area contributed by atoms with Crippen LogP contribution in [0.4, 0.5) is 21.6 Å². The maximum atomic E-state index is 15.1. The number of rotatable bonds is 8. The first kappa shape index (κ1) is 23.4. The molecular formula is C26H22FN5O3. The zero-order valence-corrected chi connectivity index (χ0v) is 18.9. The van der Waals surface area contributed by atoms with Crippen molar-refractivity contribution < 1.29 is 18.7 Å². The number of benzene rings is 2. The van der Waals surface area contributed by atoms with Crippen LogP contribution < -0.4 is 15.0 Å². The largest absolute Gasteiger partial charge is 0.497 e. The molecule has 8 nitrogen and oxygen atoms in total. The highest BCUT2D eigenvalue weighted by molar-refractivity contribution is 6.10. The molecule has 0 atom stereocenters. The highest BCUT2D eigenvalue weighted by atomic mass is 19.1. The Bertz CT molecular complexity index is 1310. The normalized spacial score (nSPS) is 12.5. The molecule has 0 bridgehead atoms. The molecule has 2 heterocycles. The monoisotopic (exact) mass is 471 g/mol. The quantitative estimate of drug-likeness (QED) is 0.307. The standard InChI is InChI=1S/C26H22FN5O3/c1-3-18-6-10-25(28-15-18)30-26(34)21-14-20(35-2)7-9-23(21)32(17-33)24-8-5-19(13-22(24)27)16-29-31-11-4-12-31/h1,5-10,13-17H,4,11-12H2,2H3,(H,28,30,34). The Balaban J connectivity index is 1.65. The van der Waals surface area contributed by atoms with E-state index in [4.69, 9.17) is 11.2 Å². The van der Waals surface area contributed by atoms with Gasteiger partial charge in [-0.3, -0.25) is 19.5 Å². The molecule has 0 spiro atoms. The Morgan fingerprint density at radius 2 is 2.03 bits per heavy atom. The van der Waals surface area contributed by atoms with Crippen molar-refractivity contribution in [2.45, 2.75) is 6.42 Å². The number of carbonyl (C=O) groups excluding carboxylic acids is 2. The maximum Gasteiger partial charge on any atom is 0.259 e. The van der Waals surface area contributed by atoms with Gasteiger partial charge in [-0.2, -0.15) is 5.10 Å². The Labute approximate surface area is 202 Å². The third-order valence-corrected chi connectivity index (χ3v) is 5.42. The van der Waals surface area contributed by atoms with Crippen molar-refractivity contribution >= 4 is 35.7 Å². The first-order valence-electron chi connectivity index (χ1n) is 10.8. The lowest BCUT2D eigenvalue weighted by atomic mass is 10.1. The van der Waals surface area contributed by atoms with Crippen LogP contribution in [0.2, 0.25) is 0 Å². The fraction of sp³-hybridized carbons (Fsp3) is 0.154. The summed E-state index contributed by atoms with van der Waals surface area (Å²) in [5.74, 6) is 1.89. The second-order valence-electron chi connectivity index (χ2n) is 7.65. The van der Waals surface area contributed by atoms with E-state index in [9.17, 15) is 9.59 Å². The van der Waals surface area contributed by atoms with Gasteiger partial charge >= 0.3 is 0 Å². The number of hydrogen-bond acceptors (Lipinski definition) is 6. The Kier molecular flexibility index (Phi) is 7.02. The minimum absolute atomic E-state index is 0.0168. The number of methoxy groups -OCH3 is 1. The Morgan fingerprint density at radius 1 is 1.23 bits per heavy atom. The maximum absolute atomic E-state index is 15.1. The summed E-state index contributed by atoms with van der Waals surface area (Å²) < 4.78 is 20.3. The predicted octanol–water partition coefficient (Wildman–Crippen LogP) is 3.80. The van der Waals surface area contributed by atoms with Crippen LogP contribution in [0.3, 0.4) is 0 Å². The molecule has 35 heavy (non-hydrogen) atoms. The van der Waals surface area contributed by atoms with E-state index >= 15 is 4.39 Å². The van der Waals surface area contributed by atoms with Crippen molar-refractivity contribution in [1.82, 2.24) is 9.99 Å². The lowest BCUT2D eigenvalue weighted by Crippen LogP contribution is -2.32. The van der Waals surface area contributed by atoms with E-state index in [-0.39, 0.29) is 22.8 Å². The van der Waals surface area contributed by atoms with Crippen LogP contribution in [0.1, 0.15) is 27.9 Å².